The first-order valence-corrected chi connectivity index (χ1v) is 5.76. The summed E-state index contributed by atoms with van der Waals surface area (Å²) in [7, 11) is 0. The van der Waals surface area contributed by atoms with Crippen molar-refractivity contribution in [2.75, 3.05) is 11.9 Å². The van der Waals surface area contributed by atoms with Crippen LogP contribution in [-0.2, 0) is 0 Å². The Hall–Kier alpha value is -2.63. The molecule has 0 radical (unpaired) electrons. The molecule has 1 N–H and O–H groups in total. The molecular weight excluding hydrogens is 246 g/mol. The SMILES string of the molecule is CCOc1cncc(NC(=O)Oc2ccccc2)n1. The maximum Gasteiger partial charge on any atom is 0.418 e. The minimum atomic E-state index is -0.630. The van der Waals surface area contributed by atoms with Gasteiger partial charge in [-0.1, -0.05) is 18.2 Å². The Balaban J connectivity index is 1.97. The van der Waals surface area contributed by atoms with Crippen LogP contribution >= 0.6 is 0 Å². The quantitative estimate of drug-likeness (QED) is 0.913. The number of nitrogens with one attached hydrogen (secondary N) is 1. The predicted molar refractivity (Wildman–Crippen MR) is 69.3 cm³/mol. The topological polar surface area (TPSA) is 73.3 Å². The zero-order valence-corrected chi connectivity index (χ0v) is 10.4. The van der Waals surface area contributed by atoms with E-state index in [4.69, 9.17) is 9.47 Å². The second-order valence-electron chi connectivity index (χ2n) is 3.50. The van der Waals surface area contributed by atoms with Gasteiger partial charge in [-0.2, -0.15) is 4.98 Å². The predicted octanol–water partition coefficient (Wildman–Crippen LogP) is 2.49. The number of carbonyl (C=O) groups excluding carboxylic acids is 1. The van der Waals surface area contributed by atoms with Crippen LogP contribution in [0.1, 0.15) is 6.92 Å². The lowest BCUT2D eigenvalue weighted by Gasteiger charge is -2.06. The average Bonchev–Trinajstić information content (AvgIpc) is 2.40. The fourth-order valence-corrected chi connectivity index (χ4v) is 1.35. The molecule has 0 atom stereocenters. The van der Waals surface area contributed by atoms with Crippen molar-refractivity contribution in [1.82, 2.24) is 9.97 Å². The lowest BCUT2D eigenvalue weighted by Crippen LogP contribution is -2.17. The van der Waals surface area contributed by atoms with Crippen molar-refractivity contribution in [3.63, 3.8) is 0 Å². The van der Waals surface area contributed by atoms with Crippen molar-refractivity contribution in [3.05, 3.63) is 42.7 Å². The summed E-state index contributed by atoms with van der Waals surface area (Å²) in [5, 5.41) is 2.47. The highest BCUT2D eigenvalue weighted by atomic mass is 16.6. The molecule has 0 saturated carbocycles. The Morgan fingerprint density at radius 3 is 2.79 bits per heavy atom. The minimum Gasteiger partial charge on any atom is -0.477 e. The number of hydrogen-bond acceptors (Lipinski definition) is 5. The molecule has 2 rings (SSSR count). The van der Waals surface area contributed by atoms with Gasteiger partial charge in [0.25, 0.3) is 0 Å². The highest BCUT2D eigenvalue weighted by Crippen LogP contribution is 2.12. The number of benzene rings is 1. The van der Waals surface area contributed by atoms with E-state index in [1.807, 2.05) is 13.0 Å². The first-order chi connectivity index (χ1) is 9.28. The molecule has 0 spiro atoms. The van der Waals surface area contributed by atoms with E-state index in [-0.39, 0.29) is 5.82 Å². The van der Waals surface area contributed by atoms with Gasteiger partial charge in [-0.05, 0) is 19.1 Å². The molecule has 0 aliphatic rings. The fourth-order valence-electron chi connectivity index (χ4n) is 1.35. The number of ether oxygens (including phenoxy) is 2. The van der Waals surface area contributed by atoms with Gasteiger partial charge < -0.3 is 9.47 Å². The van der Waals surface area contributed by atoms with Crippen molar-refractivity contribution in [2.45, 2.75) is 6.92 Å². The van der Waals surface area contributed by atoms with Crippen molar-refractivity contribution >= 4 is 11.9 Å². The largest absolute Gasteiger partial charge is 0.477 e. The molecule has 1 amide bonds. The molecule has 0 saturated heterocycles. The Labute approximate surface area is 110 Å². The first-order valence-electron chi connectivity index (χ1n) is 5.76. The van der Waals surface area contributed by atoms with Gasteiger partial charge in [-0.25, -0.2) is 4.79 Å². The van der Waals surface area contributed by atoms with Gasteiger partial charge >= 0.3 is 6.09 Å². The van der Waals surface area contributed by atoms with Crippen molar-refractivity contribution in [2.24, 2.45) is 0 Å². The molecule has 6 nitrogen and oxygen atoms in total. The van der Waals surface area contributed by atoms with Crippen LogP contribution in [0.15, 0.2) is 42.7 Å². The lowest BCUT2D eigenvalue weighted by atomic mass is 10.3. The zero-order chi connectivity index (χ0) is 13.5. The number of rotatable bonds is 4. The van der Waals surface area contributed by atoms with Crippen molar-refractivity contribution in [3.8, 4) is 11.6 Å². The van der Waals surface area contributed by atoms with E-state index in [1.165, 1.54) is 12.4 Å². The maximum absolute atomic E-state index is 11.6. The second kappa shape index (κ2) is 6.34. The minimum absolute atomic E-state index is 0.270. The van der Waals surface area contributed by atoms with Gasteiger partial charge in [0.15, 0.2) is 5.82 Å². The van der Waals surface area contributed by atoms with Gasteiger partial charge in [-0.15, -0.1) is 0 Å². The van der Waals surface area contributed by atoms with Crippen LogP contribution in [0.3, 0.4) is 0 Å². The van der Waals surface area contributed by atoms with E-state index in [0.29, 0.717) is 18.2 Å². The number of hydrogen-bond donors (Lipinski definition) is 1. The molecule has 1 aromatic carbocycles. The summed E-state index contributed by atoms with van der Waals surface area (Å²) < 4.78 is 10.2. The van der Waals surface area contributed by atoms with Gasteiger partial charge in [0, 0.05) is 0 Å². The summed E-state index contributed by atoms with van der Waals surface area (Å²) in [4.78, 5) is 19.6. The molecule has 1 heterocycles. The maximum atomic E-state index is 11.6. The number of anilines is 1. The summed E-state index contributed by atoms with van der Waals surface area (Å²) in [5.74, 6) is 1.07. The van der Waals surface area contributed by atoms with E-state index in [2.05, 4.69) is 15.3 Å². The molecule has 2 aromatic rings. The highest BCUT2D eigenvalue weighted by Gasteiger charge is 2.07. The first kappa shape index (κ1) is 12.8. The molecular formula is C13H13N3O3. The van der Waals surface area contributed by atoms with Crippen molar-refractivity contribution < 1.29 is 14.3 Å². The molecule has 0 aliphatic heterocycles. The van der Waals surface area contributed by atoms with Gasteiger partial charge in [0.2, 0.25) is 5.88 Å². The van der Waals surface area contributed by atoms with Crippen LogP contribution in [0, 0.1) is 0 Å². The number of carbonyl (C=O) groups is 1. The lowest BCUT2D eigenvalue weighted by molar-refractivity contribution is 0.215. The summed E-state index contributed by atoms with van der Waals surface area (Å²) in [5.41, 5.74) is 0. The standard InChI is InChI=1S/C13H13N3O3/c1-2-18-12-9-14-8-11(15-12)16-13(17)19-10-6-4-3-5-7-10/h3-9H,2H2,1H3,(H,15,16,17). The van der Waals surface area contributed by atoms with Crippen LogP contribution < -0.4 is 14.8 Å². The second-order valence-corrected chi connectivity index (χ2v) is 3.50. The smallest absolute Gasteiger partial charge is 0.418 e. The number of aromatic nitrogens is 2. The van der Waals surface area contributed by atoms with E-state index in [0.717, 1.165) is 0 Å². The zero-order valence-electron chi connectivity index (χ0n) is 10.4. The average molecular weight is 259 g/mol. The van der Waals surface area contributed by atoms with Crippen LogP contribution in [0.5, 0.6) is 11.6 Å². The molecule has 0 bridgehead atoms. The summed E-state index contributed by atoms with van der Waals surface area (Å²) >= 11 is 0. The summed E-state index contributed by atoms with van der Waals surface area (Å²) in [6.45, 7) is 2.32. The van der Waals surface area contributed by atoms with Crippen LogP contribution in [0.4, 0.5) is 10.6 Å². The molecule has 1 aromatic heterocycles. The van der Waals surface area contributed by atoms with Gasteiger partial charge in [0.1, 0.15) is 5.75 Å². The molecule has 6 heteroatoms. The van der Waals surface area contributed by atoms with E-state index >= 15 is 0 Å². The van der Waals surface area contributed by atoms with Crippen molar-refractivity contribution in [1.29, 1.82) is 0 Å². The molecule has 0 aliphatic carbocycles. The third-order valence-electron chi connectivity index (χ3n) is 2.09. The number of amides is 1. The van der Waals surface area contributed by atoms with E-state index in [9.17, 15) is 4.79 Å². The van der Waals surface area contributed by atoms with E-state index in [1.54, 1.807) is 24.3 Å². The van der Waals surface area contributed by atoms with Crippen LogP contribution in [-0.4, -0.2) is 22.7 Å². The van der Waals surface area contributed by atoms with Crippen LogP contribution in [0.2, 0.25) is 0 Å². The third kappa shape index (κ3) is 3.95. The normalized spacial score (nSPS) is 9.74. The third-order valence-corrected chi connectivity index (χ3v) is 2.09. The monoisotopic (exact) mass is 259 g/mol. The fraction of sp³-hybridized carbons (Fsp3) is 0.154. The Bertz CT molecular complexity index is 546. The number of nitrogens with zero attached hydrogens (tertiary/aromatic N) is 2. The molecule has 19 heavy (non-hydrogen) atoms. The van der Waals surface area contributed by atoms with Gasteiger partial charge in [0.05, 0.1) is 19.0 Å². The molecule has 0 fully saturated rings. The number of para-hydroxylation sites is 1. The van der Waals surface area contributed by atoms with Gasteiger partial charge in [-0.3, -0.25) is 10.3 Å². The molecule has 0 unspecified atom stereocenters. The van der Waals surface area contributed by atoms with Crippen LogP contribution in [0.25, 0.3) is 0 Å². The summed E-state index contributed by atoms with van der Waals surface area (Å²) in [6, 6.07) is 8.75. The highest BCUT2D eigenvalue weighted by molar-refractivity contribution is 5.84. The Morgan fingerprint density at radius 1 is 1.26 bits per heavy atom. The summed E-state index contributed by atoms with van der Waals surface area (Å²) in [6.07, 6.45) is 2.25. The Morgan fingerprint density at radius 2 is 2.05 bits per heavy atom. The molecule has 98 valence electrons. The van der Waals surface area contributed by atoms with E-state index < -0.39 is 6.09 Å². The Kier molecular flexibility index (Phi) is 4.28.